The van der Waals surface area contributed by atoms with Crippen LogP contribution in [0.3, 0.4) is 0 Å². The molecule has 0 unspecified atom stereocenters. The molecule has 0 spiro atoms. The van der Waals surface area contributed by atoms with E-state index in [0.717, 1.165) is 5.82 Å². The minimum atomic E-state index is -0.0654. The minimum Gasteiger partial charge on any atom is -0.319 e. The SMILES string of the molecule is Cc1nc2[nH+]cn(C)c(=O)c2[nH]1. The number of rotatable bonds is 0. The Morgan fingerprint density at radius 3 is 3.17 bits per heavy atom. The highest BCUT2D eigenvalue weighted by Crippen LogP contribution is 1.97. The number of hydrogen-bond acceptors (Lipinski definition) is 2. The third kappa shape index (κ3) is 0.827. The summed E-state index contributed by atoms with van der Waals surface area (Å²) < 4.78 is 1.47. The van der Waals surface area contributed by atoms with Crippen molar-refractivity contribution in [2.24, 2.45) is 7.05 Å². The van der Waals surface area contributed by atoms with Gasteiger partial charge in [-0.15, -0.1) is 0 Å². The highest BCUT2D eigenvalue weighted by molar-refractivity contribution is 5.65. The van der Waals surface area contributed by atoms with Gasteiger partial charge in [0.15, 0.2) is 12.2 Å². The number of hydrogen-bond donors (Lipinski definition) is 1. The van der Waals surface area contributed by atoms with E-state index in [0.29, 0.717) is 11.2 Å². The van der Waals surface area contributed by atoms with Crippen molar-refractivity contribution in [3.8, 4) is 0 Å². The average Bonchev–Trinajstić information content (AvgIpc) is 2.39. The van der Waals surface area contributed by atoms with Crippen molar-refractivity contribution in [1.29, 1.82) is 0 Å². The normalized spacial score (nSPS) is 10.8. The molecule has 0 radical (unpaired) electrons. The smallest absolute Gasteiger partial charge is 0.319 e. The molecule has 0 amide bonds. The van der Waals surface area contributed by atoms with Gasteiger partial charge in [0.25, 0.3) is 5.65 Å². The second-order valence-electron chi connectivity index (χ2n) is 2.74. The summed E-state index contributed by atoms with van der Waals surface area (Å²) in [6, 6.07) is 0. The summed E-state index contributed by atoms with van der Waals surface area (Å²) in [6.07, 6.45) is 1.59. The van der Waals surface area contributed by atoms with Crippen LogP contribution in [0.1, 0.15) is 5.82 Å². The Morgan fingerprint density at radius 2 is 2.42 bits per heavy atom. The highest BCUT2D eigenvalue weighted by Gasteiger charge is 2.11. The molecule has 0 saturated heterocycles. The number of aromatic nitrogens is 4. The fraction of sp³-hybridized carbons (Fsp3) is 0.286. The fourth-order valence-corrected chi connectivity index (χ4v) is 1.14. The Kier molecular flexibility index (Phi) is 1.27. The first kappa shape index (κ1) is 7.02. The van der Waals surface area contributed by atoms with Crippen molar-refractivity contribution < 1.29 is 4.98 Å². The molecule has 2 aromatic rings. The Morgan fingerprint density at radius 1 is 1.67 bits per heavy atom. The molecule has 62 valence electrons. The van der Waals surface area contributed by atoms with Crippen molar-refractivity contribution in [3.63, 3.8) is 0 Å². The zero-order chi connectivity index (χ0) is 8.72. The molecule has 0 aliphatic carbocycles. The first-order chi connectivity index (χ1) is 5.68. The van der Waals surface area contributed by atoms with Crippen LogP contribution < -0.4 is 10.5 Å². The fourth-order valence-electron chi connectivity index (χ4n) is 1.14. The Balaban J connectivity index is 2.99. The molecule has 0 atom stereocenters. The topological polar surface area (TPSA) is 64.8 Å². The van der Waals surface area contributed by atoms with Crippen molar-refractivity contribution in [2.45, 2.75) is 6.92 Å². The van der Waals surface area contributed by atoms with Gasteiger partial charge in [-0.1, -0.05) is 4.98 Å². The lowest BCUT2D eigenvalue weighted by molar-refractivity contribution is -0.355. The third-order valence-electron chi connectivity index (χ3n) is 1.75. The molecule has 5 nitrogen and oxygen atoms in total. The van der Waals surface area contributed by atoms with Gasteiger partial charge in [-0.05, 0) is 0 Å². The number of nitrogens with zero attached hydrogens (tertiary/aromatic N) is 2. The van der Waals surface area contributed by atoms with Crippen LogP contribution in [0.25, 0.3) is 11.2 Å². The quantitative estimate of drug-likeness (QED) is 0.565. The summed E-state index contributed by atoms with van der Waals surface area (Å²) in [7, 11) is 1.69. The van der Waals surface area contributed by atoms with Gasteiger partial charge >= 0.3 is 5.56 Å². The van der Waals surface area contributed by atoms with Gasteiger partial charge in [-0.25, -0.2) is 14.3 Å². The van der Waals surface area contributed by atoms with Gasteiger partial charge in [-0.2, -0.15) is 0 Å². The second kappa shape index (κ2) is 2.17. The molecule has 0 saturated carbocycles. The van der Waals surface area contributed by atoms with Gasteiger partial charge in [0.1, 0.15) is 0 Å². The minimum absolute atomic E-state index is 0.0654. The first-order valence-electron chi connectivity index (χ1n) is 3.62. The van der Waals surface area contributed by atoms with Crippen LogP contribution in [-0.2, 0) is 7.05 Å². The van der Waals surface area contributed by atoms with Crippen LogP contribution in [0.4, 0.5) is 0 Å². The summed E-state index contributed by atoms with van der Waals surface area (Å²) in [5, 5.41) is 0. The van der Waals surface area contributed by atoms with Crippen molar-refractivity contribution in [2.75, 3.05) is 0 Å². The summed E-state index contributed by atoms with van der Waals surface area (Å²) in [5.41, 5.74) is 1.07. The molecule has 2 N–H and O–H groups in total. The van der Waals surface area contributed by atoms with E-state index in [1.54, 1.807) is 13.4 Å². The first-order valence-corrected chi connectivity index (χ1v) is 3.62. The van der Waals surface area contributed by atoms with Gasteiger partial charge in [0, 0.05) is 6.92 Å². The Labute approximate surface area is 68.1 Å². The van der Waals surface area contributed by atoms with Gasteiger partial charge in [0.2, 0.25) is 5.52 Å². The zero-order valence-electron chi connectivity index (χ0n) is 6.88. The number of fused-ring (bicyclic) bond motifs is 1. The van der Waals surface area contributed by atoms with Gasteiger partial charge < -0.3 is 4.98 Å². The molecule has 2 rings (SSSR count). The van der Waals surface area contributed by atoms with Gasteiger partial charge in [-0.3, -0.25) is 0 Å². The molecular weight excluding hydrogens is 156 g/mol. The molecule has 2 aromatic heterocycles. The molecule has 0 aliphatic rings. The predicted octanol–water partition coefficient (Wildman–Crippen LogP) is -0.616. The third-order valence-corrected chi connectivity index (χ3v) is 1.75. The summed E-state index contributed by atoms with van der Waals surface area (Å²) in [6.45, 7) is 1.81. The average molecular weight is 165 g/mol. The number of aromatic amines is 2. The van der Waals surface area contributed by atoms with Crippen molar-refractivity contribution >= 4 is 11.2 Å². The lowest BCUT2D eigenvalue weighted by Gasteiger charge is -1.86. The lowest BCUT2D eigenvalue weighted by atomic mass is 10.5. The van der Waals surface area contributed by atoms with Crippen LogP contribution in [0.5, 0.6) is 0 Å². The molecule has 0 bridgehead atoms. The number of nitrogens with one attached hydrogen (secondary N) is 2. The molecule has 0 aliphatic heterocycles. The van der Waals surface area contributed by atoms with E-state index in [1.165, 1.54) is 4.57 Å². The van der Waals surface area contributed by atoms with Crippen molar-refractivity contribution in [1.82, 2.24) is 14.5 Å². The highest BCUT2D eigenvalue weighted by atomic mass is 16.1. The summed E-state index contributed by atoms with van der Waals surface area (Å²) >= 11 is 0. The van der Waals surface area contributed by atoms with Crippen LogP contribution in [-0.4, -0.2) is 14.5 Å². The van der Waals surface area contributed by atoms with Gasteiger partial charge in [0.05, 0.1) is 7.05 Å². The van der Waals surface area contributed by atoms with Crippen LogP contribution in [0, 0.1) is 6.92 Å². The second-order valence-corrected chi connectivity index (χ2v) is 2.74. The molecule has 5 heteroatoms. The summed E-state index contributed by atoms with van der Waals surface area (Å²) in [4.78, 5) is 21.3. The van der Waals surface area contributed by atoms with Crippen LogP contribution >= 0.6 is 0 Å². The van der Waals surface area contributed by atoms with E-state index < -0.39 is 0 Å². The van der Waals surface area contributed by atoms with Crippen LogP contribution in [0.2, 0.25) is 0 Å². The Bertz CT molecular complexity index is 482. The Hall–Kier alpha value is -1.65. The molecule has 12 heavy (non-hydrogen) atoms. The summed E-state index contributed by atoms with van der Waals surface area (Å²) in [5.74, 6) is 0.740. The molecule has 2 heterocycles. The number of imidazole rings is 1. The van der Waals surface area contributed by atoms with E-state index in [4.69, 9.17) is 0 Å². The van der Waals surface area contributed by atoms with E-state index in [9.17, 15) is 4.79 Å². The monoisotopic (exact) mass is 165 g/mol. The maximum Gasteiger partial charge on any atom is 0.336 e. The largest absolute Gasteiger partial charge is 0.336 e. The number of aryl methyl sites for hydroxylation is 2. The lowest BCUT2D eigenvalue weighted by Crippen LogP contribution is -2.23. The van der Waals surface area contributed by atoms with E-state index in [2.05, 4.69) is 15.0 Å². The standard InChI is InChI=1S/C7H8N4O/c1-4-9-5-6(10-4)8-3-11(2)7(5)12/h3H,1-2H3,(H,9,10)/p+1. The van der Waals surface area contributed by atoms with Crippen molar-refractivity contribution in [3.05, 3.63) is 22.5 Å². The van der Waals surface area contributed by atoms with E-state index in [-0.39, 0.29) is 5.56 Å². The molecule has 0 aromatic carbocycles. The zero-order valence-corrected chi connectivity index (χ0v) is 6.88. The number of H-pyrrole nitrogens is 2. The molecular formula is C7H9N4O+. The van der Waals surface area contributed by atoms with Crippen LogP contribution in [0.15, 0.2) is 11.1 Å². The van der Waals surface area contributed by atoms with E-state index in [1.807, 2.05) is 6.92 Å². The molecule has 0 fully saturated rings. The predicted molar refractivity (Wildman–Crippen MR) is 42.6 cm³/mol. The maximum absolute atomic E-state index is 11.4. The van der Waals surface area contributed by atoms with E-state index >= 15 is 0 Å². The maximum atomic E-state index is 11.4.